The van der Waals surface area contributed by atoms with Crippen molar-refractivity contribution in [2.45, 2.75) is 23.0 Å². The number of benzene rings is 1. The van der Waals surface area contributed by atoms with Gasteiger partial charge in [-0.3, -0.25) is 0 Å². The Morgan fingerprint density at radius 2 is 2.31 bits per heavy atom. The van der Waals surface area contributed by atoms with Crippen LogP contribution in [0.15, 0.2) is 45.1 Å². The molecule has 1 atom stereocenters. The van der Waals surface area contributed by atoms with Crippen LogP contribution in [0.1, 0.15) is 18.5 Å². The number of nitrogens with one attached hydrogen (secondary N) is 1. The minimum atomic E-state index is 0.0389. The van der Waals surface area contributed by atoms with E-state index in [0.717, 1.165) is 20.1 Å². The SMILES string of the molecule is C[C@@H](N)c1ccc(Sc2ncc[nH]2)cc1Br. The van der Waals surface area contributed by atoms with E-state index in [2.05, 4.69) is 38.0 Å². The van der Waals surface area contributed by atoms with E-state index in [-0.39, 0.29) is 6.04 Å². The number of hydrogen-bond acceptors (Lipinski definition) is 3. The average Bonchev–Trinajstić information content (AvgIpc) is 2.70. The number of aromatic amines is 1. The largest absolute Gasteiger partial charge is 0.339 e. The fourth-order valence-electron chi connectivity index (χ4n) is 1.36. The molecule has 1 aromatic heterocycles. The zero-order valence-electron chi connectivity index (χ0n) is 8.77. The Bertz CT molecular complexity index is 468. The molecule has 0 spiro atoms. The van der Waals surface area contributed by atoms with Crippen molar-refractivity contribution in [2.24, 2.45) is 5.73 Å². The summed E-state index contributed by atoms with van der Waals surface area (Å²) in [4.78, 5) is 8.35. The second-order valence-electron chi connectivity index (χ2n) is 3.47. The van der Waals surface area contributed by atoms with Crippen LogP contribution in [0.3, 0.4) is 0 Å². The Labute approximate surface area is 107 Å². The Kier molecular flexibility index (Phi) is 3.68. The topological polar surface area (TPSA) is 54.7 Å². The molecule has 3 nitrogen and oxygen atoms in total. The summed E-state index contributed by atoms with van der Waals surface area (Å²) in [5.41, 5.74) is 6.96. The van der Waals surface area contributed by atoms with Gasteiger partial charge in [-0.1, -0.05) is 33.8 Å². The van der Waals surface area contributed by atoms with Gasteiger partial charge in [0, 0.05) is 27.8 Å². The highest BCUT2D eigenvalue weighted by Gasteiger charge is 2.07. The van der Waals surface area contributed by atoms with Gasteiger partial charge in [-0.2, -0.15) is 0 Å². The quantitative estimate of drug-likeness (QED) is 0.913. The maximum Gasteiger partial charge on any atom is 0.170 e. The van der Waals surface area contributed by atoms with Gasteiger partial charge in [0.05, 0.1) is 0 Å². The predicted octanol–water partition coefficient (Wildman–Crippen LogP) is 3.34. The van der Waals surface area contributed by atoms with Crippen LogP contribution >= 0.6 is 27.7 Å². The molecular weight excluding hydrogens is 286 g/mol. The van der Waals surface area contributed by atoms with Crippen molar-refractivity contribution in [3.05, 3.63) is 40.6 Å². The third-order valence-electron chi connectivity index (χ3n) is 2.15. The molecule has 0 fully saturated rings. The van der Waals surface area contributed by atoms with Gasteiger partial charge in [0.25, 0.3) is 0 Å². The van der Waals surface area contributed by atoms with E-state index in [1.165, 1.54) is 0 Å². The third-order valence-corrected chi connectivity index (χ3v) is 3.74. The molecular formula is C11H12BrN3S. The van der Waals surface area contributed by atoms with Gasteiger partial charge in [-0.05, 0) is 24.6 Å². The van der Waals surface area contributed by atoms with Crippen LogP contribution in [0.2, 0.25) is 0 Å². The van der Waals surface area contributed by atoms with E-state index < -0.39 is 0 Å². The summed E-state index contributed by atoms with van der Waals surface area (Å²) in [5, 5.41) is 0.889. The summed E-state index contributed by atoms with van der Waals surface area (Å²) in [7, 11) is 0. The first-order valence-corrected chi connectivity index (χ1v) is 6.50. The molecule has 1 aromatic carbocycles. The lowest BCUT2D eigenvalue weighted by Gasteiger charge is -2.09. The van der Waals surface area contributed by atoms with Gasteiger partial charge in [0.15, 0.2) is 5.16 Å². The molecule has 0 unspecified atom stereocenters. The second kappa shape index (κ2) is 5.03. The fourth-order valence-corrected chi connectivity index (χ4v) is 3.03. The number of imidazole rings is 1. The van der Waals surface area contributed by atoms with Crippen molar-refractivity contribution >= 4 is 27.7 Å². The maximum absolute atomic E-state index is 5.85. The van der Waals surface area contributed by atoms with E-state index in [4.69, 9.17) is 5.73 Å². The molecule has 5 heteroatoms. The van der Waals surface area contributed by atoms with Crippen molar-refractivity contribution in [3.8, 4) is 0 Å². The smallest absolute Gasteiger partial charge is 0.170 e. The van der Waals surface area contributed by atoms with E-state index in [1.54, 1.807) is 18.0 Å². The first kappa shape index (κ1) is 11.7. The third kappa shape index (κ3) is 2.66. The predicted molar refractivity (Wildman–Crippen MR) is 69.5 cm³/mol. The van der Waals surface area contributed by atoms with Crippen molar-refractivity contribution in [1.29, 1.82) is 0 Å². The van der Waals surface area contributed by atoms with Gasteiger partial charge < -0.3 is 10.7 Å². The van der Waals surface area contributed by atoms with Crippen molar-refractivity contribution in [2.75, 3.05) is 0 Å². The molecule has 0 aliphatic carbocycles. The van der Waals surface area contributed by atoms with Crippen LogP contribution < -0.4 is 5.73 Å². The lowest BCUT2D eigenvalue weighted by Crippen LogP contribution is -2.05. The summed E-state index contributed by atoms with van der Waals surface area (Å²) in [5.74, 6) is 0. The normalized spacial score (nSPS) is 12.7. The summed E-state index contributed by atoms with van der Waals surface area (Å²) in [6.07, 6.45) is 3.56. The highest BCUT2D eigenvalue weighted by atomic mass is 79.9. The molecule has 0 aliphatic rings. The Balaban J connectivity index is 2.21. The number of H-pyrrole nitrogens is 1. The summed E-state index contributed by atoms with van der Waals surface area (Å²) in [6, 6.07) is 6.19. The molecule has 1 heterocycles. The van der Waals surface area contributed by atoms with Gasteiger partial charge >= 0.3 is 0 Å². The number of nitrogens with two attached hydrogens (primary N) is 1. The minimum absolute atomic E-state index is 0.0389. The molecule has 0 radical (unpaired) electrons. The number of rotatable bonds is 3. The van der Waals surface area contributed by atoms with Crippen molar-refractivity contribution in [1.82, 2.24) is 9.97 Å². The molecule has 16 heavy (non-hydrogen) atoms. The highest BCUT2D eigenvalue weighted by molar-refractivity contribution is 9.10. The van der Waals surface area contributed by atoms with Crippen LogP contribution in [-0.4, -0.2) is 9.97 Å². The Morgan fingerprint density at radius 3 is 2.88 bits per heavy atom. The highest BCUT2D eigenvalue weighted by Crippen LogP contribution is 2.30. The van der Waals surface area contributed by atoms with Crippen LogP contribution in [0, 0.1) is 0 Å². The van der Waals surface area contributed by atoms with Crippen molar-refractivity contribution in [3.63, 3.8) is 0 Å². The summed E-state index contributed by atoms with van der Waals surface area (Å²) in [6.45, 7) is 1.97. The van der Waals surface area contributed by atoms with Gasteiger partial charge in [-0.15, -0.1) is 0 Å². The monoisotopic (exact) mass is 297 g/mol. The zero-order chi connectivity index (χ0) is 11.5. The molecule has 0 bridgehead atoms. The Hall–Kier alpha value is -0.780. The van der Waals surface area contributed by atoms with Gasteiger partial charge in [0.2, 0.25) is 0 Å². The van der Waals surface area contributed by atoms with E-state index in [1.807, 2.05) is 19.2 Å². The number of hydrogen-bond donors (Lipinski definition) is 2. The van der Waals surface area contributed by atoms with Crippen LogP contribution in [-0.2, 0) is 0 Å². The first-order valence-electron chi connectivity index (χ1n) is 4.89. The molecule has 84 valence electrons. The zero-order valence-corrected chi connectivity index (χ0v) is 11.2. The molecule has 0 saturated carbocycles. The second-order valence-corrected chi connectivity index (χ2v) is 5.38. The molecule has 0 amide bonds. The lowest BCUT2D eigenvalue weighted by atomic mass is 10.1. The lowest BCUT2D eigenvalue weighted by molar-refractivity contribution is 0.811. The van der Waals surface area contributed by atoms with Crippen molar-refractivity contribution < 1.29 is 0 Å². The fraction of sp³-hybridized carbons (Fsp3) is 0.182. The van der Waals surface area contributed by atoms with E-state index >= 15 is 0 Å². The van der Waals surface area contributed by atoms with Gasteiger partial charge in [0.1, 0.15) is 0 Å². The molecule has 0 aliphatic heterocycles. The average molecular weight is 298 g/mol. The molecule has 2 rings (SSSR count). The Morgan fingerprint density at radius 1 is 1.50 bits per heavy atom. The number of halogens is 1. The standard InChI is InChI=1S/C11H12BrN3S/c1-7(13)9-3-2-8(6-10(9)12)16-11-14-4-5-15-11/h2-7H,13H2,1H3,(H,14,15)/t7-/m1/s1. The molecule has 2 aromatic rings. The number of aromatic nitrogens is 2. The van der Waals surface area contributed by atoms with Gasteiger partial charge in [-0.25, -0.2) is 4.98 Å². The molecule has 3 N–H and O–H groups in total. The van der Waals surface area contributed by atoms with Crippen LogP contribution in [0.25, 0.3) is 0 Å². The van der Waals surface area contributed by atoms with E-state index in [0.29, 0.717) is 0 Å². The van der Waals surface area contributed by atoms with Crippen LogP contribution in [0.4, 0.5) is 0 Å². The maximum atomic E-state index is 5.85. The summed E-state index contributed by atoms with van der Waals surface area (Å²) < 4.78 is 1.04. The summed E-state index contributed by atoms with van der Waals surface area (Å²) >= 11 is 5.12. The minimum Gasteiger partial charge on any atom is -0.339 e. The first-order chi connectivity index (χ1) is 7.66. The van der Waals surface area contributed by atoms with E-state index in [9.17, 15) is 0 Å². The van der Waals surface area contributed by atoms with Crippen LogP contribution in [0.5, 0.6) is 0 Å². The molecule has 0 saturated heterocycles. The number of nitrogens with zero attached hydrogens (tertiary/aromatic N) is 1.